The van der Waals surface area contributed by atoms with Crippen LogP contribution in [0.2, 0.25) is 0 Å². The van der Waals surface area contributed by atoms with Crippen LogP contribution in [0.25, 0.3) is 0 Å². The van der Waals surface area contributed by atoms with Crippen LogP contribution in [-0.2, 0) is 11.2 Å². The topological polar surface area (TPSA) is 41.1 Å². The van der Waals surface area contributed by atoms with Gasteiger partial charge in [-0.15, -0.1) is 0 Å². The molecule has 1 aromatic carbocycles. The van der Waals surface area contributed by atoms with E-state index in [9.17, 15) is 4.79 Å². The summed E-state index contributed by atoms with van der Waals surface area (Å²) in [5.41, 5.74) is 1.48. The Bertz CT molecular complexity index is 414. The third-order valence-corrected chi connectivity index (χ3v) is 3.79. The van der Waals surface area contributed by atoms with Gasteiger partial charge in [0.25, 0.3) is 0 Å². The maximum Gasteiger partial charge on any atom is 0.220 e. The third kappa shape index (κ3) is 4.67. The first-order valence-corrected chi connectivity index (χ1v) is 7.13. The highest BCUT2D eigenvalue weighted by atomic mass is 16.1. The lowest BCUT2D eigenvalue weighted by molar-refractivity contribution is -0.119. The highest BCUT2D eigenvalue weighted by molar-refractivity contribution is 5.78. The van der Waals surface area contributed by atoms with E-state index in [1.165, 1.54) is 5.56 Å². The summed E-state index contributed by atoms with van der Waals surface area (Å²) in [7, 11) is 0. The molecule has 1 unspecified atom stereocenters. The smallest absolute Gasteiger partial charge is 0.220 e. The predicted molar refractivity (Wildman–Crippen MR) is 78.0 cm³/mol. The molecule has 3 heteroatoms. The molecular weight excluding hydrogens is 236 g/mol. The highest BCUT2D eigenvalue weighted by Crippen LogP contribution is 2.14. The van der Waals surface area contributed by atoms with Crippen LogP contribution in [-0.4, -0.2) is 24.0 Å². The predicted octanol–water partition coefficient (Wildman–Crippen LogP) is 2.27. The van der Waals surface area contributed by atoms with Gasteiger partial charge < -0.3 is 10.6 Å². The summed E-state index contributed by atoms with van der Waals surface area (Å²) in [4.78, 5) is 11.1. The van der Waals surface area contributed by atoms with Crippen LogP contribution in [0.4, 0.5) is 0 Å². The van der Waals surface area contributed by atoms with Crippen molar-refractivity contribution in [2.24, 2.45) is 0 Å². The summed E-state index contributed by atoms with van der Waals surface area (Å²) in [5.74, 6) is 0.189. The van der Waals surface area contributed by atoms with E-state index in [2.05, 4.69) is 54.8 Å². The van der Waals surface area contributed by atoms with Crippen LogP contribution in [0, 0.1) is 0 Å². The molecule has 1 amide bonds. The number of nitrogens with one attached hydrogen (secondary N) is 2. The van der Waals surface area contributed by atoms with Gasteiger partial charge in [-0.3, -0.25) is 4.79 Å². The molecule has 1 atom stereocenters. The van der Waals surface area contributed by atoms with Gasteiger partial charge in [-0.2, -0.15) is 0 Å². The number of benzene rings is 1. The normalized spacial score (nSPS) is 19.5. The second-order valence-corrected chi connectivity index (χ2v) is 6.05. The van der Waals surface area contributed by atoms with Crippen molar-refractivity contribution in [2.75, 3.05) is 6.54 Å². The summed E-state index contributed by atoms with van der Waals surface area (Å²) in [6, 6.07) is 10.9. The second kappa shape index (κ2) is 6.20. The van der Waals surface area contributed by atoms with Crippen molar-refractivity contribution in [2.45, 2.75) is 51.1 Å². The van der Waals surface area contributed by atoms with Crippen LogP contribution in [0.1, 0.15) is 38.7 Å². The first-order valence-electron chi connectivity index (χ1n) is 7.13. The lowest BCUT2D eigenvalue weighted by atomic mass is 9.95. The van der Waals surface area contributed by atoms with Gasteiger partial charge in [0.2, 0.25) is 5.91 Å². The number of hydrogen-bond acceptors (Lipinski definition) is 2. The molecule has 0 saturated carbocycles. The zero-order chi connectivity index (χ0) is 13.7. The quantitative estimate of drug-likeness (QED) is 0.824. The highest BCUT2D eigenvalue weighted by Gasteiger charge is 2.23. The molecule has 0 spiro atoms. The lowest BCUT2D eigenvalue weighted by Crippen LogP contribution is -2.46. The summed E-state index contributed by atoms with van der Waals surface area (Å²) >= 11 is 0. The Morgan fingerprint density at radius 2 is 2.05 bits per heavy atom. The van der Waals surface area contributed by atoms with Crippen molar-refractivity contribution in [1.82, 2.24) is 10.6 Å². The van der Waals surface area contributed by atoms with Crippen LogP contribution in [0.5, 0.6) is 0 Å². The number of carbonyl (C=O) groups excluding carboxylic acids is 1. The van der Waals surface area contributed by atoms with Gasteiger partial charge in [0.1, 0.15) is 0 Å². The summed E-state index contributed by atoms with van der Waals surface area (Å²) in [5, 5.41) is 6.58. The van der Waals surface area contributed by atoms with Gasteiger partial charge in [0.05, 0.1) is 0 Å². The minimum Gasteiger partial charge on any atom is -0.352 e. The van der Waals surface area contributed by atoms with E-state index in [0.29, 0.717) is 12.5 Å². The summed E-state index contributed by atoms with van der Waals surface area (Å²) in [6.07, 6.45) is 3.81. The van der Waals surface area contributed by atoms with Crippen molar-refractivity contribution < 1.29 is 4.79 Å². The first-order chi connectivity index (χ1) is 9.05. The number of amides is 1. The molecule has 0 radical (unpaired) electrons. The molecule has 2 N–H and O–H groups in total. The van der Waals surface area contributed by atoms with Crippen molar-refractivity contribution >= 4 is 5.91 Å². The molecule has 1 heterocycles. The molecule has 104 valence electrons. The maximum atomic E-state index is 11.1. The average Bonchev–Trinajstić information content (AvgIpc) is 2.82. The van der Waals surface area contributed by atoms with Gasteiger partial charge >= 0.3 is 0 Å². The minimum absolute atomic E-state index is 0.100. The number of hydrogen-bond donors (Lipinski definition) is 2. The minimum atomic E-state index is 0.100. The molecule has 1 saturated heterocycles. The van der Waals surface area contributed by atoms with E-state index >= 15 is 0 Å². The lowest BCUT2D eigenvalue weighted by Gasteiger charge is -2.28. The Morgan fingerprint density at radius 3 is 2.68 bits per heavy atom. The molecule has 0 aliphatic carbocycles. The van der Waals surface area contributed by atoms with Crippen molar-refractivity contribution in [1.29, 1.82) is 0 Å². The molecule has 1 aromatic rings. The Morgan fingerprint density at radius 1 is 1.32 bits per heavy atom. The molecule has 1 aliphatic heterocycles. The second-order valence-electron chi connectivity index (χ2n) is 6.05. The van der Waals surface area contributed by atoms with Gasteiger partial charge in [-0.1, -0.05) is 30.3 Å². The van der Waals surface area contributed by atoms with Gasteiger partial charge in [0.15, 0.2) is 0 Å². The van der Waals surface area contributed by atoms with Gasteiger partial charge in [-0.05, 0) is 38.7 Å². The number of aryl methyl sites for hydroxylation is 1. The third-order valence-electron chi connectivity index (χ3n) is 3.79. The zero-order valence-electron chi connectivity index (χ0n) is 11.9. The fourth-order valence-electron chi connectivity index (χ4n) is 2.42. The van der Waals surface area contributed by atoms with E-state index in [4.69, 9.17) is 0 Å². The largest absolute Gasteiger partial charge is 0.352 e. The van der Waals surface area contributed by atoms with Gasteiger partial charge in [-0.25, -0.2) is 0 Å². The average molecular weight is 260 g/mol. The summed E-state index contributed by atoms with van der Waals surface area (Å²) in [6.45, 7) is 5.33. The standard InChI is InChI=1S/C16H24N2O/c1-16(2,11-10-13-6-4-3-5-7-13)17-12-14-8-9-15(19)18-14/h3-7,14,17H,8-12H2,1-2H3,(H,18,19). The number of carbonyl (C=O) groups is 1. The Kier molecular flexibility index (Phi) is 4.59. The molecule has 19 heavy (non-hydrogen) atoms. The molecular formula is C16H24N2O. The Hall–Kier alpha value is -1.35. The Balaban J connectivity index is 1.73. The van der Waals surface area contributed by atoms with E-state index < -0.39 is 0 Å². The van der Waals surface area contributed by atoms with Crippen LogP contribution in [0.3, 0.4) is 0 Å². The van der Waals surface area contributed by atoms with Gasteiger partial charge in [0, 0.05) is 24.5 Å². The first kappa shape index (κ1) is 14.1. The molecule has 0 aromatic heterocycles. The molecule has 0 bridgehead atoms. The van der Waals surface area contributed by atoms with E-state index in [-0.39, 0.29) is 11.4 Å². The van der Waals surface area contributed by atoms with E-state index in [1.807, 2.05) is 0 Å². The SMILES string of the molecule is CC(C)(CCc1ccccc1)NCC1CCC(=O)N1. The molecule has 1 aliphatic rings. The van der Waals surface area contributed by atoms with Crippen molar-refractivity contribution in [3.8, 4) is 0 Å². The maximum absolute atomic E-state index is 11.1. The van der Waals surface area contributed by atoms with Crippen LogP contribution in [0.15, 0.2) is 30.3 Å². The van der Waals surface area contributed by atoms with Crippen LogP contribution < -0.4 is 10.6 Å². The number of rotatable bonds is 6. The fourth-order valence-corrected chi connectivity index (χ4v) is 2.42. The monoisotopic (exact) mass is 260 g/mol. The molecule has 3 nitrogen and oxygen atoms in total. The van der Waals surface area contributed by atoms with E-state index in [0.717, 1.165) is 25.8 Å². The van der Waals surface area contributed by atoms with E-state index in [1.54, 1.807) is 0 Å². The molecule has 2 rings (SSSR count). The van der Waals surface area contributed by atoms with Crippen molar-refractivity contribution in [3.63, 3.8) is 0 Å². The summed E-state index contributed by atoms with van der Waals surface area (Å²) < 4.78 is 0. The van der Waals surface area contributed by atoms with Crippen molar-refractivity contribution in [3.05, 3.63) is 35.9 Å². The Labute approximate surface area is 115 Å². The molecule has 1 fully saturated rings. The zero-order valence-corrected chi connectivity index (χ0v) is 11.9. The van der Waals surface area contributed by atoms with Crippen LogP contribution >= 0.6 is 0 Å². The fraction of sp³-hybridized carbons (Fsp3) is 0.562.